The fraction of sp³-hybridized carbons (Fsp3) is 1.00. The first-order chi connectivity index (χ1) is 9.84. The van der Waals surface area contributed by atoms with Crippen molar-refractivity contribution in [3.8, 4) is 0 Å². The molecule has 21 heavy (non-hydrogen) atoms. The van der Waals surface area contributed by atoms with Crippen molar-refractivity contribution in [3.05, 3.63) is 0 Å². The van der Waals surface area contributed by atoms with Gasteiger partial charge in [0, 0.05) is 0 Å². The van der Waals surface area contributed by atoms with Gasteiger partial charge in [-0.25, -0.2) is 0 Å². The molecule has 0 bridgehead atoms. The molecule has 3 unspecified atom stereocenters. The Balaban J connectivity index is 2.02. The minimum absolute atomic E-state index is 0.284. The third kappa shape index (κ3) is 3.05. The number of aliphatic hydroxyl groups is 7. The summed E-state index contributed by atoms with van der Waals surface area (Å²) in [6.07, 6.45) is -10.1. The van der Waals surface area contributed by atoms with E-state index >= 15 is 0 Å². The maximum atomic E-state index is 9.81. The zero-order chi connectivity index (χ0) is 15.8. The van der Waals surface area contributed by atoms with Crippen LogP contribution in [0.4, 0.5) is 0 Å². The van der Waals surface area contributed by atoms with E-state index in [1.807, 2.05) is 0 Å². The highest BCUT2D eigenvalue weighted by Crippen LogP contribution is 2.29. The highest BCUT2D eigenvalue weighted by atomic mass is 16.7. The van der Waals surface area contributed by atoms with Crippen LogP contribution in [0, 0.1) is 0 Å². The summed E-state index contributed by atoms with van der Waals surface area (Å²) in [6.45, 7) is -1.76. The van der Waals surface area contributed by atoms with Crippen LogP contribution >= 0.6 is 0 Å². The zero-order valence-electron chi connectivity index (χ0n) is 11.0. The molecular formula is C11H20O10. The van der Waals surface area contributed by atoms with Gasteiger partial charge in [0.2, 0.25) is 5.79 Å². The summed E-state index contributed by atoms with van der Waals surface area (Å²) in [6, 6.07) is 0. The molecule has 0 aromatic rings. The highest BCUT2D eigenvalue weighted by molar-refractivity contribution is 4.93. The molecule has 10 heteroatoms. The summed E-state index contributed by atoms with van der Waals surface area (Å²) in [5.74, 6) is -2.18. The van der Waals surface area contributed by atoms with E-state index in [1.165, 1.54) is 0 Å². The molecular weight excluding hydrogens is 292 g/mol. The first-order valence-corrected chi connectivity index (χ1v) is 6.45. The van der Waals surface area contributed by atoms with E-state index in [0.29, 0.717) is 0 Å². The molecule has 2 heterocycles. The number of rotatable bonds is 4. The molecule has 2 rings (SSSR count). The standard InChI is InChI=1S/C11H20O10/c12-1-4-6(14)7(15)8(16)10(20-4)21-5-2-19-11(18,3-13)9(5)17/h4-10,12-18H,1-3H2/t4?,5-,6+,7-,8?,9?,10-,11-/m0/s1. The molecule has 0 aliphatic carbocycles. The Morgan fingerprint density at radius 3 is 2.24 bits per heavy atom. The Hall–Kier alpha value is -0.400. The lowest BCUT2D eigenvalue weighted by Crippen LogP contribution is -2.60. The lowest BCUT2D eigenvalue weighted by molar-refractivity contribution is -0.316. The van der Waals surface area contributed by atoms with Gasteiger partial charge in [-0.2, -0.15) is 0 Å². The second kappa shape index (κ2) is 6.38. The lowest BCUT2D eigenvalue weighted by atomic mass is 9.99. The number of hydrogen-bond acceptors (Lipinski definition) is 10. The van der Waals surface area contributed by atoms with Crippen molar-refractivity contribution in [2.75, 3.05) is 19.8 Å². The van der Waals surface area contributed by atoms with Crippen LogP contribution in [-0.4, -0.2) is 104 Å². The summed E-state index contributed by atoms with van der Waals surface area (Å²) >= 11 is 0. The van der Waals surface area contributed by atoms with E-state index in [-0.39, 0.29) is 6.61 Å². The molecule has 0 aromatic heterocycles. The molecule has 0 amide bonds. The summed E-state index contributed by atoms with van der Waals surface area (Å²) in [5.41, 5.74) is 0. The molecule has 0 radical (unpaired) electrons. The third-order valence-corrected chi connectivity index (χ3v) is 3.70. The average Bonchev–Trinajstić information content (AvgIpc) is 2.76. The van der Waals surface area contributed by atoms with Gasteiger partial charge in [-0.1, -0.05) is 0 Å². The van der Waals surface area contributed by atoms with Crippen molar-refractivity contribution in [1.29, 1.82) is 0 Å². The van der Waals surface area contributed by atoms with Crippen molar-refractivity contribution in [1.82, 2.24) is 0 Å². The van der Waals surface area contributed by atoms with Crippen molar-refractivity contribution in [2.45, 2.75) is 48.7 Å². The van der Waals surface area contributed by atoms with Crippen LogP contribution in [0.5, 0.6) is 0 Å². The Morgan fingerprint density at radius 2 is 1.71 bits per heavy atom. The fourth-order valence-corrected chi connectivity index (χ4v) is 2.30. The fourth-order valence-electron chi connectivity index (χ4n) is 2.30. The molecule has 8 atom stereocenters. The molecule has 0 aromatic carbocycles. The first-order valence-electron chi connectivity index (χ1n) is 6.45. The SMILES string of the molecule is OCC1O[C@@H](O[C@H]2CO[C@@](O)(CO)C2O)C(O)[C@@H](O)[C@@H]1O. The van der Waals surface area contributed by atoms with E-state index in [2.05, 4.69) is 0 Å². The molecule has 10 nitrogen and oxygen atoms in total. The van der Waals surface area contributed by atoms with Gasteiger partial charge in [0.25, 0.3) is 0 Å². The monoisotopic (exact) mass is 312 g/mol. The largest absolute Gasteiger partial charge is 0.394 e. The summed E-state index contributed by atoms with van der Waals surface area (Å²) < 4.78 is 15.1. The Kier molecular flexibility index (Phi) is 5.15. The summed E-state index contributed by atoms with van der Waals surface area (Å²) in [7, 11) is 0. The normalized spacial score (nSPS) is 51.3. The van der Waals surface area contributed by atoms with Gasteiger partial charge in [-0.15, -0.1) is 0 Å². The Bertz CT molecular complexity index is 352. The van der Waals surface area contributed by atoms with Crippen LogP contribution in [0.25, 0.3) is 0 Å². The van der Waals surface area contributed by atoms with Gasteiger partial charge in [0.1, 0.15) is 36.6 Å². The topological polar surface area (TPSA) is 169 Å². The maximum Gasteiger partial charge on any atom is 0.218 e. The molecule has 2 aliphatic heterocycles. The summed E-state index contributed by atoms with van der Waals surface area (Å²) in [4.78, 5) is 0. The maximum absolute atomic E-state index is 9.81. The van der Waals surface area contributed by atoms with Gasteiger partial charge in [-0.3, -0.25) is 0 Å². The second-order valence-corrected chi connectivity index (χ2v) is 5.13. The second-order valence-electron chi connectivity index (χ2n) is 5.13. The number of hydrogen-bond donors (Lipinski definition) is 7. The van der Waals surface area contributed by atoms with Crippen LogP contribution in [0.15, 0.2) is 0 Å². The Labute approximate surface area is 119 Å². The summed E-state index contributed by atoms with van der Waals surface area (Å²) in [5, 5.41) is 66.5. The van der Waals surface area contributed by atoms with Crippen LogP contribution in [0.1, 0.15) is 0 Å². The van der Waals surface area contributed by atoms with E-state index in [9.17, 15) is 25.5 Å². The lowest BCUT2D eigenvalue weighted by Gasteiger charge is -2.40. The predicted molar refractivity (Wildman–Crippen MR) is 62.6 cm³/mol. The van der Waals surface area contributed by atoms with Gasteiger partial charge < -0.3 is 50.0 Å². The Morgan fingerprint density at radius 1 is 1.05 bits per heavy atom. The number of aliphatic hydroxyl groups excluding tert-OH is 6. The quantitative estimate of drug-likeness (QED) is 0.267. The van der Waals surface area contributed by atoms with E-state index in [4.69, 9.17) is 24.4 Å². The van der Waals surface area contributed by atoms with Crippen LogP contribution in [-0.2, 0) is 14.2 Å². The van der Waals surface area contributed by atoms with E-state index in [0.717, 1.165) is 0 Å². The molecule has 7 N–H and O–H groups in total. The van der Waals surface area contributed by atoms with Gasteiger partial charge >= 0.3 is 0 Å². The van der Waals surface area contributed by atoms with Crippen molar-refractivity contribution in [3.63, 3.8) is 0 Å². The smallest absolute Gasteiger partial charge is 0.218 e. The van der Waals surface area contributed by atoms with Crippen molar-refractivity contribution in [2.24, 2.45) is 0 Å². The van der Waals surface area contributed by atoms with Gasteiger partial charge in [0.15, 0.2) is 6.29 Å². The molecule has 2 fully saturated rings. The minimum Gasteiger partial charge on any atom is -0.394 e. The van der Waals surface area contributed by atoms with E-state index in [1.54, 1.807) is 0 Å². The van der Waals surface area contributed by atoms with Crippen LogP contribution < -0.4 is 0 Å². The number of ether oxygens (including phenoxy) is 3. The van der Waals surface area contributed by atoms with E-state index < -0.39 is 61.9 Å². The highest BCUT2D eigenvalue weighted by Gasteiger charge is 2.52. The molecule has 2 aliphatic rings. The van der Waals surface area contributed by atoms with Crippen LogP contribution in [0.2, 0.25) is 0 Å². The third-order valence-electron chi connectivity index (χ3n) is 3.70. The van der Waals surface area contributed by atoms with Crippen LogP contribution in [0.3, 0.4) is 0 Å². The minimum atomic E-state index is -2.18. The molecule has 0 saturated carbocycles. The molecule has 0 spiro atoms. The molecule has 2 saturated heterocycles. The first kappa shape index (κ1) is 17.0. The zero-order valence-corrected chi connectivity index (χ0v) is 11.0. The average molecular weight is 312 g/mol. The predicted octanol–water partition coefficient (Wildman–Crippen LogP) is -4.76. The van der Waals surface area contributed by atoms with Crippen molar-refractivity contribution < 1.29 is 50.0 Å². The van der Waals surface area contributed by atoms with Gasteiger partial charge in [0.05, 0.1) is 19.8 Å². The molecule has 124 valence electrons. The van der Waals surface area contributed by atoms with Crippen molar-refractivity contribution >= 4 is 0 Å². The van der Waals surface area contributed by atoms with Gasteiger partial charge in [-0.05, 0) is 0 Å².